The van der Waals surface area contributed by atoms with Crippen LogP contribution >= 0.6 is 0 Å². The third-order valence-electron chi connectivity index (χ3n) is 6.32. The lowest BCUT2D eigenvalue weighted by Crippen LogP contribution is -2.50. The first-order valence-corrected chi connectivity index (χ1v) is 11.5. The highest BCUT2D eigenvalue weighted by atomic mass is 16.5. The highest BCUT2D eigenvalue weighted by Gasteiger charge is 2.29. The van der Waals surface area contributed by atoms with E-state index in [9.17, 15) is 4.79 Å². The predicted octanol–water partition coefficient (Wildman–Crippen LogP) is 3.06. The fourth-order valence-corrected chi connectivity index (χ4v) is 4.48. The Labute approximate surface area is 198 Å². The second kappa shape index (κ2) is 9.46. The maximum absolute atomic E-state index is 13.2. The molecule has 2 aromatic heterocycles. The molecule has 1 amide bonds. The molecule has 4 aromatic rings. The summed E-state index contributed by atoms with van der Waals surface area (Å²) in [6, 6.07) is 17.6. The van der Waals surface area contributed by atoms with E-state index in [0.29, 0.717) is 37.3 Å². The molecule has 0 saturated carbocycles. The van der Waals surface area contributed by atoms with Crippen LogP contribution in [0.3, 0.4) is 0 Å². The number of fused-ring (bicyclic) bond motifs is 1. The number of carbonyl (C=O) groups excluding carboxylic acids is 1. The van der Waals surface area contributed by atoms with E-state index in [2.05, 4.69) is 32.1 Å². The molecule has 174 valence electrons. The summed E-state index contributed by atoms with van der Waals surface area (Å²) in [4.78, 5) is 26.3. The van der Waals surface area contributed by atoms with E-state index in [-0.39, 0.29) is 11.8 Å². The van der Waals surface area contributed by atoms with Gasteiger partial charge in [-0.2, -0.15) is 4.68 Å². The zero-order valence-corrected chi connectivity index (χ0v) is 19.3. The molecule has 1 unspecified atom stereocenters. The molecule has 34 heavy (non-hydrogen) atoms. The molecule has 1 aliphatic heterocycles. The van der Waals surface area contributed by atoms with Crippen LogP contribution in [0.4, 0.5) is 5.82 Å². The first-order chi connectivity index (χ1) is 16.7. The molecule has 0 N–H and O–H groups in total. The molecular weight excluding hydrogens is 430 g/mol. The van der Waals surface area contributed by atoms with Gasteiger partial charge in [0.25, 0.3) is 0 Å². The van der Waals surface area contributed by atoms with Gasteiger partial charge in [0.1, 0.15) is 12.1 Å². The second-order valence-electron chi connectivity index (χ2n) is 8.26. The van der Waals surface area contributed by atoms with Crippen LogP contribution in [-0.4, -0.2) is 69.1 Å². The number of piperazine rings is 1. The van der Waals surface area contributed by atoms with Gasteiger partial charge in [-0.15, -0.1) is 5.10 Å². The molecule has 1 aliphatic rings. The first kappa shape index (κ1) is 21.8. The van der Waals surface area contributed by atoms with E-state index in [1.54, 1.807) is 11.8 Å². The molecule has 1 atom stereocenters. The molecule has 9 nitrogen and oxygen atoms in total. The second-order valence-corrected chi connectivity index (χ2v) is 8.26. The maximum atomic E-state index is 13.2. The van der Waals surface area contributed by atoms with Gasteiger partial charge in [-0.25, -0.2) is 9.97 Å². The molecule has 0 bridgehead atoms. The highest BCUT2D eigenvalue weighted by Crippen LogP contribution is 2.27. The van der Waals surface area contributed by atoms with Crippen molar-refractivity contribution in [1.29, 1.82) is 0 Å². The van der Waals surface area contributed by atoms with Gasteiger partial charge in [0.15, 0.2) is 17.0 Å². The Hall–Kier alpha value is -4.01. The SMILES string of the molecule is CCC(C(=O)N1CCN(c2ncnc3c2nnn3-c2cccc(OC)c2)CC1)c1ccccc1. The summed E-state index contributed by atoms with van der Waals surface area (Å²) >= 11 is 0. The fraction of sp³-hybridized carbons (Fsp3) is 0.320. The van der Waals surface area contributed by atoms with E-state index < -0.39 is 0 Å². The molecule has 2 aromatic carbocycles. The number of nitrogens with zero attached hydrogens (tertiary/aromatic N) is 7. The molecular formula is C25H27N7O2. The van der Waals surface area contributed by atoms with Crippen LogP contribution < -0.4 is 9.64 Å². The summed E-state index contributed by atoms with van der Waals surface area (Å²) in [6.45, 7) is 4.69. The van der Waals surface area contributed by atoms with Crippen molar-refractivity contribution in [2.75, 3.05) is 38.2 Å². The smallest absolute Gasteiger partial charge is 0.230 e. The maximum Gasteiger partial charge on any atom is 0.230 e. The van der Waals surface area contributed by atoms with Crippen molar-refractivity contribution in [2.45, 2.75) is 19.3 Å². The van der Waals surface area contributed by atoms with Crippen LogP contribution in [0.25, 0.3) is 16.9 Å². The van der Waals surface area contributed by atoms with Crippen LogP contribution in [0.2, 0.25) is 0 Å². The number of aromatic nitrogens is 5. The zero-order valence-electron chi connectivity index (χ0n) is 19.3. The number of anilines is 1. The lowest BCUT2D eigenvalue weighted by molar-refractivity contribution is -0.133. The zero-order chi connectivity index (χ0) is 23.5. The van der Waals surface area contributed by atoms with E-state index in [1.165, 1.54) is 6.33 Å². The minimum atomic E-state index is -0.110. The summed E-state index contributed by atoms with van der Waals surface area (Å²) in [7, 11) is 1.63. The fourth-order valence-electron chi connectivity index (χ4n) is 4.48. The topological polar surface area (TPSA) is 89.3 Å². The van der Waals surface area contributed by atoms with Crippen molar-refractivity contribution < 1.29 is 9.53 Å². The molecule has 0 spiro atoms. The Bertz CT molecular complexity index is 1280. The molecule has 0 radical (unpaired) electrons. The number of benzene rings is 2. The normalized spacial score (nSPS) is 14.9. The number of rotatable bonds is 6. The monoisotopic (exact) mass is 457 g/mol. The third-order valence-corrected chi connectivity index (χ3v) is 6.32. The van der Waals surface area contributed by atoms with Crippen molar-refractivity contribution in [3.05, 3.63) is 66.5 Å². The number of methoxy groups -OCH3 is 1. The van der Waals surface area contributed by atoms with Crippen molar-refractivity contribution in [2.24, 2.45) is 0 Å². The Morgan fingerprint density at radius 3 is 2.56 bits per heavy atom. The summed E-state index contributed by atoms with van der Waals surface area (Å²) < 4.78 is 7.02. The van der Waals surface area contributed by atoms with Crippen LogP contribution in [0.15, 0.2) is 60.9 Å². The molecule has 1 fully saturated rings. The number of hydrogen-bond donors (Lipinski definition) is 0. The average molecular weight is 458 g/mol. The Morgan fingerprint density at radius 1 is 1.03 bits per heavy atom. The van der Waals surface area contributed by atoms with Gasteiger partial charge >= 0.3 is 0 Å². The van der Waals surface area contributed by atoms with Gasteiger partial charge in [0.05, 0.1) is 18.7 Å². The quantitative estimate of drug-likeness (QED) is 0.440. The van der Waals surface area contributed by atoms with E-state index in [4.69, 9.17) is 4.74 Å². The van der Waals surface area contributed by atoms with Crippen molar-refractivity contribution in [3.8, 4) is 11.4 Å². The van der Waals surface area contributed by atoms with Crippen LogP contribution in [0.1, 0.15) is 24.8 Å². The van der Waals surface area contributed by atoms with Gasteiger partial charge in [-0.1, -0.05) is 48.5 Å². The number of hydrogen-bond acceptors (Lipinski definition) is 7. The summed E-state index contributed by atoms with van der Waals surface area (Å²) in [5, 5.41) is 8.71. The first-order valence-electron chi connectivity index (χ1n) is 11.5. The third kappa shape index (κ3) is 4.05. The molecule has 3 heterocycles. The van der Waals surface area contributed by atoms with Crippen LogP contribution in [-0.2, 0) is 4.79 Å². The van der Waals surface area contributed by atoms with Crippen LogP contribution in [0.5, 0.6) is 5.75 Å². The largest absolute Gasteiger partial charge is 0.497 e. The Kier molecular flexibility index (Phi) is 6.07. The average Bonchev–Trinajstić information content (AvgIpc) is 3.34. The van der Waals surface area contributed by atoms with Gasteiger partial charge in [-0.3, -0.25) is 4.79 Å². The van der Waals surface area contributed by atoms with Crippen molar-refractivity contribution in [3.63, 3.8) is 0 Å². The van der Waals surface area contributed by atoms with Crippen molar-refractivity contribution in [1.82, 2.24) is 29.9 Å². The minimum Gasteiger partial charge on any atom is -0.497 e. The van der Waals surface area contributed by atoms with Crippen LogP contribution in [0, 0.1) is 0 Å². The van der Waals surface area contributed by atoms with Gasteiger partial charge in [-0.05, 0) is 24.1 Å². The lowest BCUT2D eigenvalue weighted by atomic mass is 9.95. The summed E-state index contributed by atoms with van der Waals surface area (Å²) in [5.41, 5.74) is 3.16. The number of carbonyl (C=O) groups is 1. The minimum absolute atomic E-state index is 0.110. The predicted molar refractivity (Wildman–Crippen MR) is 129 cm³/mol. The Morgan fingerprint density at radius 2 is 1.82 bits per heavy atom. The Balaban J connectivity index is 1.34. The van der Waals surface area contributed by atoms with Gasteiger partial charge < -0.3 is 14.5 Å². The molecule has 0 aliphatic carbocycles. The standard InChI is InChI=1S/C25H27N7O2/c1-3-21(18-8-5-4-6-9-18)25(33)31-14-12-30(13-15-31)23-22-24(27-17-26-23)32(29-28-22)19-10-7-11-20(16-19)34-2/h4-11,16-17,21H,3,12-15H2,1-2H3. The highest BCUT2D eigenvalue weighted by molar-refractivity contribution is 5.85. The molecule has 5 rings (SSSR count). The lowest BCUT2D eigenvalue weighted by Gasteiger charge is -2.37. The van der Waals surface area contributed by atoms with E-state index in [0.717, 1.165) is 29.2 Å². The van der Waals surface area contributed by atoms with Gasteiger partial charge in [0, 0.05) is 32.2 Å². The number of ether oxygens (including phenoxy) is 1. The molecule has 1 saturated heterocycles. The van der Waals surface area contributed by atoms with Crippen molar-refractivity contribution >= 4 is 22.9 Å². The summed E-state index contributed by atoms with van der Waals surface area (Å²) in [5.74, 6) is 1.55. The molecule has 9 heteroatoms. The summed E-state index contributed by atoms with van der Waals surface area (Å²) in [6.07, 6.45) is 2.32. The number of amides is 1. The van der Waals surface area contributed by atoms with E-state index >= 15 is 0 Å². The van der Waals surface area contributed by atoms with E-state index in [1.807, 2.05) is 59.5 Å². The van der Waals surface area contributed by atoms with Gasteiger partial charge in [0.2, 0.25) is 5.91 Å².